The minimum absolute atomic E-state index is 1.19. The highest BCUT2D eigenvalue weighted by Gasteiger charge is 2.32. The maximum absolute atomic E-state index is 6.68. The highest BCUT2D eigenvalue weighted by atomic mass is 28.5. The predicted molar refractivity (Wildman–Crippen MR) is 116 cm³/mol. The predicted octanol–water partition coefficient (Wildman–Crippen LogP) is 2.96. The van der Waals surface area contributed by atoms with E-state index in [0.29, 0.717) is 0 Å². The highest BCUT2D eigenvalue weighted by Crippen LogP contribution is 2.11. The van der Waals surface area contributed by atoms with E-state index in [0.717, 1.165) is 0 Å². The van der Waals surface area contributed by atoms with E-state index in [9.17, 15) is 0 Å². The second-order valence-electron chi connectivity index (χ2n) is 8.08. The average molecular weight is 407 g/mol. The molecule has 0 heterocycles. The lowest BCUT2D eigenvalue weighted by Gasteiger charge is -2.32. The first kappa shape index (κ1) is 20.5. The highest BCUT2D eigenvalue weighted by molar-refractivity contribution is 6.86. The number of rotatable bonds is 8. The van der Waals surface area contributed by atoms with Crippen molar-refractivity contribution in [1.82, 2.24) is 0 Å². The molecule has 2 atom stereocenters. The fourth-order valence-corrected chi connectivity index (χ4v) is 13.2. The molecule has 0 fully saturated rings. The molecule has 0 aliphatic rings. The van der Waals surface area contributed by atoms with Crippen LogP contribution in [0, 0.1) is 0 Å². The van der Waals surface area contributed by atoms with Crippen LogP contribution in [-0.2, 0) is 12.3 Å². The van der Waals surface area contributed by atoms with Gasteiger partial charge in [0.1, 0.15) is 0 Å². The van der Waals surface area contributed by atoms with E-state index in [1.54, 1.807) is 0 Å². The molecule has 0 aromatic heterocycles. The lowest BCUT2D eigenvalue weighted by atomic mass is 10.4. The summed E-state index contributed by atoms with van der Waals surface area (Å²) in [6.45, 7) is 13.3. The molecule has 2 aromatic rings. The molecule has 0 amide bonds. The molecule has 0 aliphatic heterocycles. The molecule has 0 bridgehead atoms. The molecule has 7 heteroatoms. The van der Waals surface area contributed by atoms with Crippen LogP contribution in [-0.4, -0.2) is 35.2 Å². The first-order chi connectivity index (χ1) is 11.6. The van der Waals surface area contributed by atoms with Crippen molar-refractivity contribution in [2.45, 2.75) is 39.3 Å². The summed E-state index contributed by atoms with van der Waals surface area (Å²) in [5.74, 6) is 0. The Morgan fingerprint density at radius 3 is 1.16 bits per heavy atom. The molecule has 0 aliphatic carbocycles. The summed E-state index contributed by atoms with van der Waals surface area (Å²) in [6, 6.07) is 20.8. The third-order valence-electron chi connectivity index (χ3n) is 3.31. The van der Waals surface area contributed by atoms with Gasteiger partial charge in [-0.05, 0) is 49.7 Å². The summed E-state index contributed by atoms with van der Waals surface area (Å²) in [7, 11) is -7.46. The summed E-state index contributed by atoms with van der Waals surface area (Å²) >= 11 is 0. The van der Waals surface area contributed by atoms with E-state index >= 15 is 0 Å². The molecule has 2 rings (SSSR count). The Kier molecular flexibility index (Phi) is 7.15. The molecule has 0 spiro atoms. The van der Waals surface area contributed by atoms with Crippen LogP contribution < -0.4 is 10.4 Å². The molecule has 25 heavy (non-hydrogen) atoms. The Morgan fingerprint density at radius 2 is 0.880 bits per heavy atom. The van der Waals surface area contributed by atoms with Crippen LogP contribution >= 0.6 is 0 Å². The van der Waals surface area contributed by atoms with E-state index in [4.69, 9.17) is 12.3 Å². The van der Waals surface area contributed by atoms with Gasteiger partial charge in [0, 0.05) is 0 Å². The van der Waals surface area contributed by atoms with Gasteiger partial charge in [-0.3, -0.25) is 0 Å². The zero-order chi connectivity index (χ0) is 18.5. The number of benzene rings is 2. The van der Waals surface area contributed by atoms with Gasteiger partial charge in [0.05, 0.1) is 0 Å². The Morgan fingerprint density at radius 1 is 0.560 bits per heavy atom. The van der Waals surface area contributed by atoms with Crippen LogP contribution in [0.25, 0.3) is 0 Å². The van der Waals surface area contributed by atoms with Crippen molar-refractivity contribution in [3.63, 3.8) is 0 Å². The molecular weight excluding hydrogens is 377 g/mol. The quantitative estimate of drug-likeness (QED) is 0.631. The fraction of sp³-hybridized carbons (Fsp3) is 0.333. The smallest absolute Gasteiger partial charge is 0.336 e. The maximum Gasteiger partial charge on any atom is 0.336 e. The van der Waals surface area contributed by atoms with E-state index < -0.39 is 35.2 Å². The minimum atomic E-state index is -2.01. The van der Waals surface area contributed by atoms with Gasteiger partial charge >= 0.3 is 18.6 Å². The van der Waals surface area contributed by atoms with Crippen molar-refractivity contribution < 1.29 is 12.3 Å². The Hall–Kier alpha value is -0.812. The number of hydrogen-bond donors (Lipinski definition) is 0. The standard InChI is InChI=1S/C18H30O3Si4/c1-24(2,3)20-22(17-13-9-7-10-14-17)19-23(21-25(4,5)6)18-15-11-8-12-16-18/h7-16,22-23H,1-6H3. The van der Waals surface area contributed by atoms with Crippen LogP contribution in [0.5, 0.6) is 0 Å². The summed E-state index contributed by atoms with van der Waals surface area (Å²) in [4.78, 5) is 0. The van der Waals surface area contributed by atoms with E-state index in [-0.39, 0.29) is 0 Å². The Bertz CT molecular complexity index is 581. The first-order valence-electron chi connectivity index (χ1n) is 8.75. The summed E-state index contributed by atoms with van der Waals surface area (Å²) in [5.41, 5.74) is 0. The van der Waals surface area contributed by atoms with Gasteiger partial charge in [0.15, 0.2) is 16.6 Å². The normalized spacial score (nSPS) is 15.0. The lowest BCUT2D eigenvalue weighted by molar-refractivity contribution is 0.386. The second-order valence-corrected chi connectivity index (χ2v) is 22.2. The topological polar surface area (TPSA) is 27.7 Å². The zero-order valence-electron chi connectivity index (χ0n) is 16.2. The average Bonchev–Trinajstić information content (AvgIpc) is 2.53. The molecule has 0 saturated carbocycles. The molecule has 0 saturated heterocycles. The van der Waals surface area contributed by atoms with Crippen molar-refractivity contribution in [2.24, 2.45) is 0 Å². The van der Waals surface area contributed by atoms with Crippen LogP contribution in [0.15, 0.2) is 60.7 Å². The van der Waals surface area contributed by atoms with Crippen molar-refractivity contribution in [3.8, 4) is 0 Å². The van der Waals surface area contributed by atoms with Crippen LogP contribution in [0.4, 0.5) is 0 Å². The molecule has 136 valence electrons. The third-order valence-corrected chi connectivity index (χ3v) is 14.5. The maximum atomic E-state index is 6.68. The molecule has 0 N–H and O–H groups in total. The van der Waals surface area contributed by atoms with Crippen LogP contribution in [0.3, 0.4) is 0 Å². The van der Waals surface area contributed by atoms with Gasteiger partial charge in [-0.25, -0.2) is 0 Å². The van der Waals surface area contributed by atoms with E-state index in [2.05, 4.69) is 87.8 Å². The molecule has 2 unspecified atom stereocenters. The van der Waals surface area contributed by atoms with Gasteiger partial charge < -0.3 is 12.3 Å². The number of hydrogen-bond acceptors (Lipinski definition) is 3. The van der Waals surface area contributed by atoms with Gasteiger partial charge in [-0.1, -0.05) is 60.7 Å². The van der Waals surface area contributed by atoms with Gasteiger partial charge in [0.25, 0.3) is 0 Å². The molecule has 2 aromatic carbocycles. The zero-order valence-corrected chi connectivity index (χ0v) is 20.5. The van der Waals surface area contributed by atoms with Crippen molar-refractivity contribution in [3.05, 3.63) is 60.7 Å². The van der Waals surface area contributed by atoms with Crippen LogP contribution in [0.2, 0.25) is 39.3 Å². The van der Waals surface area contributed by atoms with Crippen molar-refractivity contribution in [1.29, 1.82) is 0 Å². The fourth-order valence-electron chi connectivity index (χ4n) is 2.32. The summed E-state index contributed by atoms with van der Waals surface area (Å²) < 4.78 is 19.7. The van der Waals surface area contributed by atoms with E-state index in [1.165, 1.54) is 10.4 Å². The van der Waals surface area contributed by atoms with Gasteiger partial charge in [-0.2, -0.15) is 0 Å². The Labute approximate surface area is 157 Å². The van der Waals surface area contributed by atoms with Crippen LogP contribution in [0.1, 0.15) is 0 Å². The monoisotopic (exact) mass is 406 g/mol. The molecule has 3 nitrogen and oxygen atoms in total. The largest absolute Gasteiger partial charge is 0.436 e. The SMILES string of the molecule is C[Si](C)(C)O[SiH](O[SiH](O[Si](C)(C)C)c1ccccc1)c1ccccc1. The van der Waals surface area contributed by atoms with Gasteiger partial charge in [-0.15, -0.1) is 0 Å². The Balaban J connectivity index is 2.31. The summed E-state index contributed by atoms with van der Waals surface area (Å²) in [5, 5.41) is 2.38. The van der Waals surface area contributed by atoms with Gasteiger partial charge in [0.2, 0.25) is 0 Å². The third kappa shape index (κ3) is 7.53. The minimum Gasteiger partial charge on any atom is -0.436 e. The summed E-state index contributed by atoms with van der Waals surface area (Å²) in [6.07, 6.45) is 0. The molecular formula is C18H30O3Si4. The lowest BCUT2D eigenvalue weighted by Crippen LogP contribution is -2.54. The second kappa shape index (κ2) is 8.72. The first-order valence-corrected chi connectivity index (χ1v) is 18.6. The van der Waals surface area contributed by atoms with Crippen molar-refractivity contribution in [2.75, 3.05) is 0 Å². The van der Waals surface area contributed by atoms with Crippen molar-refractivity contribution >= 4 is 45.6 Å². The molecule has 0 radical (unpaired) electrons. The van der Waals surface area contributed by atoms with E-state index in [1.807, 2.05) is 12.1 Å².